The second-order valence-electron chi connectivity index (χ2n) is 6.11. The smallest absolute Gasteiger partial charge is 0.236 e. The Hall–Kier alpha value is -2.13. The minimum absolute atomic E-state index is 0.130. The molecule has 0 bridgehead atoms. The summed E-state index contributed by atoms with van der Waals surface area (Å²) >= 11 is 0. The zero-order valence-electron chi connectivity index (χ0n) is 13.1. The minimum atomic E-state index is 0.130. The van der Waals surface area contributed by atoms with Crippen LogP contribution in [0.5, 0.6) is 0 Å². The Morgan fingerprint density at radius 1 is 1.05 bits per heavy atom. The highest BCUT2D eigenvalue weighted by Crippen LogP contribution is 2.41. The molecule has 0 spiro atoms. The molecule has 0 aromatic heterocycles. The number of benzene rings is 2. The lowest BCUT2D eigenvalue weighted by Gasteiger charge is -2.11. The van der Waals surface area contributed by atoms with Crippen molar-refractivity contribution in [3.8, 4) is 11.1 Å². The van der Waals surface area contributed by atoms with Gasteiger partial charge >= 0.3 is 0 Å². The molecule has 0 aliphatic heterocycles. The van der Waals surface area contributed by atoms with Gasteiger partial charge in [-0.15, -0.1) is 0 Å². The molecule has 1 aliphatic carbocycles. The van der Waals surface area contributed by atoms with Crippen LogP contribution in [-0.4, -0.2) is 37.5 Å². The van der Waals surface area contributed by atoms with Crippen LogP contribution in [0, 0.1) is 0 Å². The van der Waals surface area contributed by atoms with E-state index in [1.807, 2.05) is 6.07 Å². The van der Waals surface area contributed by atoms with E-state index in [4.69, 9.17) is 0 Å². The van der Waals surface area contributed by atoms with E-state index in [0.717, 1.165) is 6.42 Å². The summed E-state index contributed by atoms with van der Waals surface area (Å²) in [5.41, 5.74) is 3.85. The highest BCUT2D eigenvalue weighted by atomic mass is 16.2. The summed E-state index contributed by atoms with van der Waals surface area (Å²) in [5, 5.41) is 3.34. The van der Waals surface area contributed by atoms with E-state index in [-0.39, 0.29) is 5.91 Å². The largest absolute Gasteiger partial charge is 0.348 e. The zero-order chi connectivity index (χ0) is 15.5. The molecule has 114 valence electrons. The molecule has 3 rings (SSSR count). The summed E-state index contributed by atoms with van der Waals surface area (Å²) in [5.74, 6) is 0.671. The average Bonchev–Trinajstić information content (AvgIpc) is 3.33. The van der Waals surface area contributed by atoms with Gasteiger partial charge in [0.25, 0.3) is 0 Å². The average molecular weight is 294 g/mol. The molecule has 1 amide bonds. The Kier molecular flexibility index (Phi) is 4.25. The lowest BCUT2D eigenvalue weighted by Crippen LogP contribution is -2.34. The normalized spacial score (nSPS) is 19.7. The van der Waals surface area contributed by atoms with E-state index in [9.17, 15) is 4.79 Å². The van der Waals surface area contributed by atoms with Gasteiger partial charge in [0.05, 0.1) is 6.54 Å². The molecule has 1 N–H and O–H groups in total. The fraction of sp³-hybridized carbons (Fsp3) is 0.316. The van der Waals surface area contributed by atoms with E-state index in [1.54, 1.807) is 19.0 Å². The monoisotopic (exact) mass is 294 g/mol. The van der Waals surface area contributed by atoms with Gasteiger partial charge in [0.1, 0.15) is 0 Å². The maximum absolute atomic E-state index is 11.6. The molecule has 0 radical (unpaired) electrons. The lowest BCUT2D eigenvalue weighted by atomic mass is 10.0. The van der Waals surface area contributed by atoms with Crippen LogP contribution < -0.4 is 5.32 Å². The van der Waals surface area contributed by atoms with Crippen molar-refractivity contribution < 1.29 is 4.79 Å². The molecule has 1 aliphatic rings. The molecule has 1 unspecified atom stereocenters. The molecular formula is C19H22N2O. The number of hydrogen-bond acceptors (Lipinski definition) is 2. The molecule has 3 nitrogen and oxygen atoms in total. The van der Waals surface area contributed by atoms with Crippen LogP contribution in [0.2, 0.25) is 0 Å². The number of nitrogens with zero attached hydrogens (tertiary/aromatic N) is 1. The summed E-state index contributed by atoms with van der Waals surface area (Å²) in [6.45, 7) is 0.427. The topological polar surface area (TPSA) is 32.3 Å². The molecule has 22 heavy (non-hydrogen) atoms. The number of carbonyl (C=O) groups is 1. The van der Waals surface area contributed by atoms with Crippen molar-refractivity contribution in [1.29, 1.82) is 0 Å². The van der Waals surface area contributed by atoms with E-state index in [1.165, 1.54) is 16.7 Å². The highest BCUT2D eigenvalue weighted by Gasteiger charge is 2.38. The van der Waals surface area contributed by atoms with Crippen LogP contribution in [0.3, 0.4) is 0 Å². The zero-order valence-corrected chi connectivity index (χ0v) is 13.1. The molecule has 0 heterocycles. The SMILES string of the molecule is CN(C)C(=O)CN[C@H]1CC1c1ccc(-c2ccccc2)cc1. The first-order valence-corrected chi connectivity index (χ1v) is 7.74. The van der Waals surface area contributed by atoms with Crippen LogP contribution in [0.25, 0.3) is 11.1 Å². The molecule has 1 fully saturated rings. The number of carbonyl (C=O) groups excluding carboxylic acids is 1. The van der Waals surface area contributed by atoms with Crippen molar-refractivity contribution in [1.82, 2.24) is 10.2 Å². The predicted octanol–water partition coefficient (Wildman–Crippen LogP) is 2.89. The molecule has 3 heteroatoms. The van der Waals surface area contributed by atoms with Crippen LogP contribution in [0.4, 0.5) is 0 Å². The van der Waals surface area contributed by atoms with Gasteiger partial charge in [-0.3, -0.25) is 4.79 Å². The van der Waals surface area contributed by atoms with Gasteiger partial charge in [0.15, 0.2) is 0 Å². The van der Waals surface area contributed by atoms with Crippen molar-refractivity contribution >= 4 is 5.91 Å². The molecule has 2 atom stereocenters. The maximum atomic E-state index is 11.6. The minimum Gasteiger partial charge on any atom is -0.348 e. The maximum Gasteiger partial charge on any atom is 0.236 e. The first-order valence-electron chi connectivity index (χ1n) is 7.74. The van der Waals surface area contributed by atoms with Gasteiger partial charge in [-0.25, -0.2) is 0 Å². The number of nitrogens with one attached hydrogen (secondary N) is 1. The van der Waals surface area contributed by atoms with Crippen LogP contribution in [0.1, 0.15) is 17.9 Å². The van der Waals surface area contributed by atoms with Crippen molar-refractivity contribution in [3.63, 3.8) is 0 Å². The third-order valence-electron chi connectivity index (χ3n) is 4.25. The predicted molar refractivity (Wildman–Crippen MR) is 89.7 cm³/mol. The molecule has 1 saturated carbocycles. The Labute approximate surface area is 132 Å². The number of likely N-dealkylation sites (N-methyl/N-ethyl adjacent to an activating group) is 1. The first-order chi connectivity index (χ1) is 10.6. The van der Waals surface area contributed by atoms with E-state index in [2.05, 4.69) is 53.8 Å². The Bertz CT molecular complexity index is 634. The Morgan fingerprint density at radius 3 is 2.32 bits per heavy atom. The van der Waals surface area contributed by atoms with Crippen LogP contribution in [-0.2, 0) is 4.79 Å². The van der Waals surface area contributed by atoms with E-state index >= 15 is 0 Å². The Morgan fingerprint density at radius 2 is 1.68 bits per heavy atom. The third kappa shape index (κ3) is 3.37. The van der Waals surface area contributed by atoms with Crippen LogP contribution in [0.15, 0.2) is 54.6 Å². The standard InChI is InChI=1S/C19H22N2O/c1-21(2)19(22)13-20-18-12-17(18)16-10-8-15(9-11-16)14-6-4-3-5-7-14/h3-11,17-18,20H,12-13H2,1-2H3/t17?,18-/m0/s1. The van der Waals surface area contributed by atoms with Crippen LogP contribution >= 0.6 is 0 Å². The fourth-order valence-corrected chi connectivity index (χ4v) is 2.72. The number of amides is 1. The second-order valence-corrected chi connectivity index (χ2v) is 6.11. The highest BCUT2D eigenvalue weighted by molar-refractivity contribution is 5.77. The molecular weight excluding hydrogens is 272 g/mol. The van der Waals surface area contributed by atoms with Gasteiger partial charge in [-0.2, -0.15) is 0 Å². The van der Waals surface area contributed by atoms with Gasteiger partial charge in [0, 0.05) is 26.1 Å². The van der Waals surface area contributed by atoms with E-state index in [0.29, 0.717) is 18.5 Å². The summed E-state index contributed by atoms with van der Waals surface area (Å²) in [6, 6.07) is 19.6. The first kappa shape index (κ1) is 14.8. The fourth-order valence-electron chi connectivity index (χ4n) is 2.72. The van der Waals surface area contributed by atoms with E-state index < -0.39 is 0 Å². The number of hydrogen-bond donors (Lipinski definition) is 1. The summed E-state index contributed by atoms with van der Waals surface area (Å²) in [4.78, 5) is 13.2. The second kappa shape index (κ2) is 6.32. The van der Waals surface area contributed by atoms with Gasteiger partial charge in [-0.05, 0) is 23.1 Å². The van der Waals surface area contributed by atoms with Gasteiger partial charge < -0.3 is 10.2 Å². The van der Waals surface area contributed by atoms with Crippen molar-refractivity contribution in [2.24, 2.45) is 0 Å². The van der Waals surface area contributed by atoms with Crippen molar-refractivity contribution in [3.05, 3.63) is 60.2 Å². The molecule has 0 saturated heterocycles. The molecule has 2 aromatic rings. The summed E-state index contributed by atoms with van der Waals surface area (Å²) in [6.07, 6.45) is 1.12. The Balaban J connectivity index is 1.58. The van der Waals surface area contributed by atoms with Crippen molar-refractivity contribution in [2.45, 2.75) is 18.4 Å². The van der Waals surface area contributed by atoms with Gasteiger partial charge in [-0.1, -0.05) is 54.6 Å². The third-order valence-corrected chi connectivity index (χ3v) is 4.25. The lowest BCUT2D eigenvalue weighted by molar-refractivity contribution is -0.127. The van der Waals surface area contributed by atoms with Gasteiger partial charge in [0.2, 0.25) is 5.91 Å². The quantitative estimate of drug-likeness (QED) is 0.919. The summed E-state index contributed by atoms with van der Waals surface area (Å²) < 4.78 is 0. The number of rotatable bonds is 5. The van der Waals surface area contributed by atoms with Crippen molar-refractivity contribution in [2.75, 3.05) is 20.6 Å². The summed E-state index contributed by atoms with van der Waals surface area (Å²) in [7, 11) is 3.58. The molecule has 2 aromatic carbocycles.